The summed E-state index contributed by atoms with van der Waals surface area (Å²) < 4.78 is 0. The predicted molar refractivity (Wildman–Crippen MR) is 80.7 cm³/mol. The summed E-state index contributed by atoms with van der Waals surface area (Å²) in [5.74, 6) is 0. The molecular weight excluding hydrogens is 279 g/mol. The van der Waals surface area contributed by atoms with Gasteiger partial charge in [-0.1, -0.05) is 35.3 Å². The number of pyridine rings is 1. The Bertz CT molecular complexity index is 543. The minimum Gasteiger partial charge on any atom is -0.302 e. The molecule has 2 nitrogen and oxygen atoms in total. The Morgan fingerprint density at radius 3 is 2.47 bits per heavy atom. The molecule has 4 heteroatoms. The normalized spacial score (nSPS) is 14.1. The molecule has 0 spiro atoms. The van der Waals surface area contributed by atoms with Gasteiger partial charge in [0, 0.05) is 28.3 Å². The zero-order chi connectivity index (χ0) is 13.8. The van der Waals surface area contributed by atoms with E-state index in [1.54, 1.807) is 12.3 Å². The maximum atomic E-state index is 6.21. The van der Waals surface area contributed by atoms with Crippen molar-refractivity contribution in [1.82, 2.24) is 10.3 Å². The molecule has 1 N–H and O–H groups in total. The van der Waals surface area contributed by atoms with Crippen LogP contribution in [0.15, 0.2) is 42.6 Å². The van der Waals surface area contributed by atoms with Crippen molar-refractivity contribution in [1.29, 1.82) is 0 Å². The topological polar surface area (TPSA) is 24.9 Å². The Morgan fingerprint density at radius 1 is 1.05 bits per heavy atom. The fourth-order valence-corrected chi connectivity index (χ4v) is 2.61. The summed E-state index contributed by atoms with van der Waals surface area (Å²) in [6, 6.07) is 11.8. The lowest BCUT2D eigenvalue weighted by molar-refractivity contribution is 0.486. The lowest BCUT2D eigenvalue weighted by atomic mass is 10.1. The van der Waals surface area contributed by atoms with Crippen LogP contribution in [0.3, 0.4) is 0 Å². The summed E-state index contributed by atoms with van der Waals surface area (Å²) in [6.07, 6.45) is 1.80. The molecular formula is C15H16Cl2N2. The molecule has 1 aromatic carbocycles. The number of hydrogen-bond acceptors (Lipinski definition) is 2. The molecule has 0 aliphatic heterocycles. The molecule has 19 heavy (non-hydrogen) atoms. The molecule has 2 aromatic rings. The van der Waals surface area contributed by atoms with Gasteiger partial charge in [0.1, 0.15) is 0 Å². The minimum absolute atomic E-state index is 0.127. The lowest BCUT2D eigenvalue weighted by Crippen LogP contribution is -2.23. The Morgan fingerprint density at radius 2 is 1.84 bits per heavy atom. The summed E-state index contributed by atoms with van der Waals surface area (Å²) in [5, 5.41) is 4.82. The fraction of sp³-hybridized carbons (Fsp3) is 0.267. The Kier molecular flexibility index (Phi) is 4.81. The zero-order valence-corrected chi connectivity index (χ0v) is 12.4. The quantitative estimate of drug-likeness (QED) is 0.876. The molecule has 0 amide bonds. The van der Waals surface area contributed by atoms with Crippen molar-refractivity contribution in [2.75, 3.05) is 0 Å². The Labute approximate surface area is 123 Å². The SMILES string of the molecule is CC(N[C@H](C)c1ccccn1)c1ccc(Cl)cc1Cl. The highest BCUT2D eigenvalue weighted by Crippen LogP contribution is 2.27. The third kappa shape index (κ3) is 3.69. The number of hydrogen-bond donors (Lipinski definition) is 1. The fourth-order valence-electron chi connectivity index (χ4n) is 2.03. The summed E-state index contributed by atoms with van der Waals surface area (Å²) in [4.78, 5) is 4.35. The second-order valence-electron chi connectivity index (χ2n) is 4.53. The van der Waals surface area contributed by atoms with Crippen molar-refractivity contribution < 1.29 is 0 Å². The van der Waals surface area contributed by atoms with Crippen LogP contribution >= 0.6 is 23.2 Å². The molecule has 2 rings (SSSR count). The number of aromatic nitrogens is 1. The molecule has 1 aromatic heterocycles. The van der Waals surface area contributed by atoms with Gasteiger partial charge in [0.25, 0.3) is 0 Å². The van der Waals surface area contributed by atoms with Crippen LogP contribution in [0.1, 0.15) is 37.2 Å². The van der Waals surface area contributed by atoms with Crippen molar-refractivity contribution >= 4 is 23.2 Å². The van der Waals surface area contributed by atoms with E-state index in [0.29, 0.717) is 10.0 Å². The molecule has 1 heterocycles. The average molecular weight is 295 g/mol. The van der Waals surface area contributed by atoms with E-state index < -0.39 is 0 Å². The van der Waals surface area contributed by atoms with Crippen molar-refractivity contribution in [3.63, 3.8) is 0 Å². The summed E-state index contributed by atoms with van der Waals surface area (Å²) in [7, 11) is 0. The van der Waals surface area contributed by atoms with Crippen LogP contribution in [0.2, 0.25) is 10.0 Å². The highest BCUT2D eigenvalue weighted by atomic mass is 35.5. The van der Waals surface area contributed by atoms with Crippen LogP contribution in [-0.4, -0.2) is 4.98 Å². The maximum absolute atomic E-state index is 6.21. The molecule has 1 unspecified atom stereocenters. The predicted octanol–water partition coefficient (Wildman–Crippen LogP) is 4.80. The highest BCUT2D eigenvalue weighted by molar-refractivity contribution is 6.35. The van der Waals surface area contributed by atoms with E-state index in [1.807, 2.05) is 30.3 Å². The van der Waals surface area contributed by atoms with E-state index in [0.717, 1.165) is 11.3 Å². The third-order valence-corrected chi connectivity index (χ3v) is 3.62. The monoisotopic (exact) mass is 294 g/mol. The zero-order valence-electron chi connectivity index (χ0n) is 10.9. The van der Waals surface area contributed by atoms with Crippen LogP contribution in [-0.2, 0) is 0 Å². The number of nitrogens with zero attached hydrogens (tertiary/aromatic N) is 1. The van der Waals surface area contributed by atoms with Crippen LogP contribution in [0, 0.1) is 0 Å². The van der Waals surface area contributed by atoms with E-state index in [1.165, 1.54) is 0 Å². The second-order valence-corrected chi connectivity index (χ2v) is 5.37. The van der Waals surface area contributed by atoms with Crippen LogP contribution in [0.5, 0.6) is 0 Å². The van der Waals surface area contributed by atoms with Gasteiger partial charge in [-0.3, -0.25) is 4.98 Å². The third-order valence-electron chi connectivity index (χ3n) is 3.06. The molecule has 2 atom stereocenters. The van der Waals surface area contributed by atoms with Gasteiger partial charge in [0.15, 0.2) is 0 Å². The van der Waals surface area contributed by atoms with Crippen LogP contribution in [0.25, 0.3) is 0 Å². The van der Waals surface area contributed by atoms with Gasteiger partial charge in [-0.15, -0.1) is 0 Å². The van der Waals surface area contributed by atoms with Crippen molar-refractivity contribution in [3.8, 4) is 0 Å². The van der Waals surface area contributed by atoms with Crippen molar-refractivity contribution in [3.05, 3.63) is 63.9 Å². The van der Waals surface area contributed by atoms with Gasteiger partial charge in [-0.2, -0.15) is 0 Å². The molecule has 0 saturated heterocycles. The molecule has 0 saturated carbocycles. The molecule has 0 aliphatic rings. The standard InChI is InChI=1S/C15H16Cl2N2/c1-10(13-7-6-12(16)9-14(13)17)19-11(2)15-5-3-4-8-18-15/h3-11,19H,1-2H3/t10?,11-/m1/s1. The minimum atomic E-state index is 0.127. The number of halogens is 2. The van der Waals surface area contributed by atoms with Gasteiger partial charge in [0.05, 0.1) is 5.69 Å². The second kappa shape index (κ2) is 6.38. The van der Waals surface area contributed by atoms with Gasteiger partial charge < -0.3 is 5.32 Å². The van der Waals surface area contributed by atoms with E-state index in [9.17, 15) is 0 Å². The molecule has 0 fully saturated rings. The summed E-state index contributed by atoms with van der Waals surface area (Å²) in [5.41, 5.74) is 2.05. The number of benzene rings is 1. The van der Waals surface area contributed by atoms with Crippen molar-refractivity contribution in [2.24, 2.45) is 0 Å². The van der Waals surface area contributed by atoms with Crippen molar-refractivity contribution in [2.45, 2.75) is 25.9 Å². The first kappa shape index (κ1) is 14.3. The first-order valence-corrected chi connectivity index (χ1v) is 6.95. The molecule has 100 valence electrons. The first-order valence-electron chi connectivity index (χ1n) is 6.20. The van der Waals surface area contributed by atoms with E-state index >= 15 is 0 Å². The van der Waals surface area contributed by atoms with Gasteiger partial charge in [-0.05, 0) is 43.7 Å². The molecule has 0 bridgehead atoms. The Hall–Kier alpha value is -1.09. The van der Waals surface area contributed by atoms with E-state index in [4.69, 9.17) is 23.2 Å². The molecule has 0 radical (unpaired) electrons. The van der Waals surface area contributed by atoms with E-state index in [2.05, 4.69) is 24.1 Å². The van der Waals surface area contributed by atoms with E-state index in [-0.39, 0.29) is 12.1 Å². The highest BCUT2D eigenvalue weighted by Gasteiger charge is 2.14. The summed E-state index contributed by atoms with van der Waals surface area (Å²) >= 11 is 12.1. The van der Waals surface area contributed by atoms with Gasteiger partial charge in [-0.25, -0.2) is 0 Å². The first-order chi connectivity index (χ1) is 9.08. The Balaban J connectivity index is 2.10. The maximum Gasteiger partial charge on any atom is 0.0570 e. The van der Waals surface area contributed by atoms with Gasteiger partial charge in [0.2, 0.25) is 0 Å². The largest absolute Gasteiger partial charge is 0.302 e. The average Bonchev–Trinajstić information content (AvgIpc) is 2.39. The van der Waals surface area contributed by atoms with Gasteiger partial charge >= 0.3 is 0 Å². The van der Waals surface area contributed by atoms with Crippen LogP contribution < -0.4 is 5.32 Å². The number of nitrogens with one attached hydrogen (secondary N) is 1. The molecule has 0 aliphatic carbocycles. The summed E-state index contributed by atoms with van der Waals surface area (Å²) in [6.45, 7) is 4.16. The van der Waals surface area contributed by atoms with Crippen LogP contribution in [0.4, 0.5) is 0 Å². The number of rotatable bonds is 4. The smallest absolute Gasteiger partial charge is 0.0570 e. The lowest BCUT2D eigenvalue weighted by Gasteiger charge is -2.21.